The number of rotatable bonds is 8. The first kappa shape index (κ1) is 21.9. The van der Waals surface area contributed by atoms with Crippen molar-refractivity contribution in [3.63, 3.8) is 0 Å². The summed E-state index contributed by atoms with van der Waals surface area (Å²) >= 11 is 0. The van der Waals surface area contributed by atoms with Crippen LogP contribution in [0.4, 0.5) is 0 Å². The molecule has 1 aromatic carbocycles. The lowest BCUT2D eigenvalue weighted by Gasteiger charge is -2.04. The number of nitrogens with one attached hydrogen (secondary N) is 2. The number of hydrogen-bond acceptors (Lipinski definition) is 6. The van der Waals surface area contributed by atoms with E-state index >= 15 is 0 Å². The highest BCUT2D eigenvalue weighted by molar-refractivity contribution is 6.00. The lowest BCUT2D eigenvalue weighted by molar-refractivity contribution is -0.139. The molecule has 0 aliphatic heterocycles. The molecule has 0 bridgehead atoms. The van der Waals surface area contributed by atoms with E-state index < -0.39 is 11.5 Å². The molecule has 2 rings (SSSR count). The SMILES string of the molecule is COC(=O)Cc1[nH]n(-c2ccc(OC)cc2)c(=O)c1C(C)=NNC(=O)CC(C)C. The number of hydrogen-bond donors (Lipinski definition) is 2. The van der Waals surface area contributed by atoms with Gasteiger partial charge in [0, 0.05) is 6.42 Å². The van der Waals surface area contributed by atoms with Crippen molar-refractivity contribution in [3.05, 3.63) is 45.9 Å². The topological polar surface area (TPSA) is 115 Å². The summed E-state index contributed by atoms with van der Waals surface area (Å²) in [6, 6.07) is 6.85. The molecule has 0 saturated carbocycles. The zero-order chi connectivity index (χ0) is 21.6. The lowest BCUT2D eigenvalue weighted by atomic mass is 10.1. The van der Waals surface area contributed by atoms with Gasteiger partial charge in [-0.05, 0) is 37.1 Å². The summed E-state index contributed by atoms with van der Waals surface area (Å²) in [6.45, 7) is 5.44. The number of aromatic nitrogens is 2. The third kappa shape index (κ3) is 5.56. The number of carbonyl (C=O) groups excluding carboxylic acids is 2. The Hall–Kier alpha value is -3.36. The van der Waals surface area contributed by atoms with Crippen molar-refractivity contribution in [2.45, 2.75) is 33.6 Å². The molecule has 0 unspecified atom stereocenters. The molecular weight excluding hydrogens is 376 g/mol. The maximum absolute atomic E-state index is 13.0. The minimum atomic E-state index is -0.508. The van der Waals surface area contributed by atoms with Crippen molar-refractivity contribution in [2.24, 2.45) is 11.0 Å². The Morgan fingerprint density at radius 1 is 1.21 bits per heavy atom. The molecule has 0 aliphatic rings. The molecule has 0 aliphatic carbocycles. The summed E-state index contributed by atoms with van der Waals surface area (Å²) in [5, 5.41) is 6.99. The normalized spacial score (nSPS) is 11.4. The van der Waals surface area contributed by atoms with E-state index in [-0.39, 0.29) is 29.5 Å². The van der Waals surface area contributed by atoms with E-state index in [1.807, 2.05) is 13.8 Å². The molecule has 2 aromatic rings. The number of benzene rings is 1. The molecule has 0 spiro atoms. The molecule has 9 nitrogen and oxygen atoms in total. The summed E-state index contributed by atoms with van der Waals surface area (Å²) in [6.07, 6.45) is 0.173. The molecule has 29 heavy (non-hydrogen) atoms. The maximum atomic E-state index is 13.0. The number of H-pyrrole nitrogens is 1. The van der Waals surface area contributed by atoms with Gasteiger partial charge in [-0.3, -0.25) is 19.5 Å². The first-order valence-electron chi connectivity index (χ1n) is 9.15. The number of methoxy groups -OCH3 is 2. The number of carbonyl (C=O) groups is 2. The van der Waals surface area contributed by atoms with Crippen molar-refractivity contribution in [1.82, 2.24) is 15.2 Å². The van der Waals surface area contributed by atoms with Gasteiger partial charge in [0.25, 0.3) is 5.56 Å². The van der Waals surface area contributed by atoms with Crippen LogP contribution in [0.2, 0.25) is 0 Å². The van der Waals surface area contributed by atoms with Gasteiger partial charge in [0.2, 0.25) is 5.91 Å². The summed E-state index contributed by atoms with van der Waals surface area (Å²) in [4.78, 5) is 36.7. The van der Waals surface area contributed by atoms with E-state index in [0.717, 1.165) is 0 Å². The van der Waals surface area contributed by atoms with Crippen LogP contribution in [0.5, 0.6) is 5.75 Å². The van der Waals surface area contributed by atoms with Crippen molar-refractivity contribution >= 4 is 17.6 Å². The number of aromatic amines is 1. The van der Waals surface area contributed by atoms with E-state index in [4.69, 9.17) is 9.47 Å². The number of nitrogens with zero attached hydrogens (tertiary/aromatic N) is 2. The van der Waals surface area contributed by atoms with E-state index in [1.54, 1.807) is 38.3 Å². The Morgan fingerprint density at radius 3 is 2.41 bits per heavy atom. The molecule has 0 atom stereocenters. The zero-order valence-electron chi connectivity index (χ0n) is 17.2. The van der Waals surface area contributed by atoms with Gasteiger partial charge in [0.1, 0.15) is 5.75 Å². The van der Waals surface area contributed by atoms with Gasteiger partial charge >= 0.3 is 5.97 Å². The molecule has 2 N–H and O–H groups in total. The van der Waals surface area contributed by atoms with Crippen LogP contribution >= 0.6 is 0 Å². The van der Waals surface area contributed by atoms with E-state index in [1.165, 1.54) is 11.8 Å². The predicted octanol–water partition coefficient (Wildman–Crippen LogP) is 1.78. The average Bonchev–Trinajstić information content (AvgIpc) is 3.01. The van der Waals surface area contributed by atoms with E-state index in [0.29, 0.717) is 23.6 Å². The fourth-order valence-electron chi connectivity index (χ4n) is 2.73. The summed E-state index contributed by atoms with van der Waals surface area (Å²) in [7, 11) is 2.82. The minimum Gasteiger partial charge on any atom is -0.497 e. The van der Waals surface area contributed by atoms with E-state index in [9.17, 15) is 14.4 Å². The number of amides is 1. The van der Waals surface area contributed by atoms with Crippen molar-refractivity contribution in [1.29, 1.82) is 0 Å². The largest absolute Gasteiger partial charge is 0.497 e. The number of esters is 1. The second-order valence-corrected chi connectivity index (χ2v) is 6.89. The fraction of sp³-hybridized carbons (Fsp3) is 0.400. The predicted molar refractivity (Wildman–Crippen MR) is 108 cm³/mol. The number of ether oxygens (including phenoxy) is 2. The highest BCUT2D eigenvalue weighted by Gasteiger charge is 2.20. The first-order chi connectivity index (χ1) is 13.8. The molecular formula is C20H26N4O5. The summed E-state index contributed by atoms with van der Waals surface area (Å²) in [5.41, 5.74) is 3.45. The first-order valence-corrected chi connectivity index (χ1v) is 9.15. The quantitative estimate of drug-likeness (QED) is 0.397. The standard InChI is InChI=1S/C20H26N4O5/c1-12(2)10-17(25)22-21-13(3)19-16(11-18(26)29-5)23-24(20(19)27)14-6-8-15(28-4)9-7-14/h6-9,12,23H,10-11H2,1-5H3,(H,22,25). The molecule has 0 radical (unpaired) electrons. The zero-order valence-corrected chi connectivity index (χ0v) is 17.2. The van der Waals surface area contributed by atoms with Crippen LogP contribution in [0.1, 0.15) is 38.4 Å². The Labute approximate surface area is 168 Å². The number of hydrazone groups is 1. The third-order valence-electron chi connectivity index (χ3n) is 4.15. The van der Waals surface area contributed by atoms with Gasteiger partial charge < -0.3 is 9.47 Å². The van der Waals surface area contributed by atoms with Crippen LogP contribution in [0.3, 0.4) is 0 Å². The smallest absolute Gasteiger partial charge is 0.311 e. The van der Waals surface area contributed by atoms with Crippen molar-refractivity contribution in [2.75, 3.05) is 14.2 Å². The van der Waals surface area contributed by atoms with Gasteiger partial charge in [-0.2, -0.15) is 5.10 Å². The van der Waals surface area contributed by atoms with Crippen LogP contribution in [0, 0.1) is 5.92 Å². The third-order valence-corrected chi connectivity index (χ3v) is 4.15. The van der Waals surface area contributed by atoms with Crippen LogP contribution in [-0.4, -0.2) is 41.6 Å². The molecule has 1 aromatic heterocycles. The molecule has 0 fully saturated rings. The van der Waals surface area contributed by atoms with Gasteiger partial charge in [0.05, 0.1) is 43.3 Å². The highest BCUT2D eigenvalue weighted by Crippen LogP contribution is 2.15. The van der Waals surface area contributed by atoms with Crippen LogP contribution in [-0.2, 0) is 20.7 Å². The molecule has 1 amide bonds. The molecule has 0 saturated heterocycles. The van der Waals surface area contributed by atoms with Gasteiger partial charge in [-0.25, -0.2) is 10.1 Å². The average molecular weight is 402 g/mol. The molecule has 156 valence electrons. The fourth-order valence-corrected chi connectivity index (χ4v) is 2.73. The molecule has 1 heterocycles. The summed E-state index contributed by atoms with van der Waals surface area (Å²) in [5.74, 6) is 0.0693. The maximum Gasteiger partial charge on any atom is 0.311 e. The van der Waals surface area contributed by atoms with Crippen molar-refractivity contribution < 1.29 is 19.1 Å². The van der Waals surface area contributed by atoms with Crippen molar-refractivity contribution in [3.8, 4) is 11.4 Å². The Balaban J connectivity index is 2.45. The monoisotopic (exact) mass is 402 g/mol. The van der Waals surface area contributed by atoms with Gasteiger partial charge in [-0.15, -0.1) is 0 Å². The van der Waals surface area contributed by atoms with E-state index in [2.05, 4.69) is 15.6 Å². The second-order valence-electron chi connectivity index (χ2n) is 6.89. The van der Waals surface area contributed by atoms with Crippen LogP contribution < -0.4 is 15.7 Å². The Bertz CT molecular complexity index is 954. The second kappa shape index (κ2) is 9.72. The Kier molecular flexibility index (Phi) is 7.35. The van der Waals surface area contributed by atoms with Crippen LogP contribution in [0.25, 0.3) is 5.69 Å². The van der Waals surface area contributed by atoms with Gasteiger partial charge in [-0.1, -0.05) is 13.8 Å². The Morgan fingerprint density at radius 2 is 1.86 bits per heavy atom. The lowest BCUT2D eigenvalue weighted by Crippen LogP contribution is -2.24. The van der Waals surface area contributed by atoms with Crippen LogP contribution in [0.15, 0.2) is 34.2 Å². The highest BCUT2D eigenvalue weighted by atomic mass is 16.5. The minimum absolute atomic E-state index is 0.142. The summed E-state index contributed by atoms with van der Waals surface area (Å²) < 4.78 is 11.2. The molecule has 9 heteroatoms. The van der Waals surface area contributed by atoms with Gasteiger partial charge in [0.15, 0.2) is 0 Å².